The smallest absolute Gasteiger partial charge is 0.272 e. The van der Waals surface area contributed by atoms with Gasteiger partial charge in [0, 0.05) is 21.8 Å². The Kier molecular flexibility index (Phi) is 10.3. The summed E-state index contributed by atoms with van der Waals surface area (Å²) in [6.07, 6.45) is 2.31. The largest absolute Gasteiger partial charge is 0.325 e. The quantitative estimate of drug-likeness (QED) is 0.134. The van der Waals surface area contributed by atoms with Crippen LogP contribution in [-0.4, -0.2) is 23.0 Å². The molecule has 0 saturated heterocycles. The molecule has 4 rings (SSSR count). The highest BCUT2D eigenvalue weighted by Gasteiger charge is 2.20. The monoisotopic (exact) mass is 577 g/mol. The molecule has 0 aliphatic rings. The number of thioether (sulfide) groups is 1. The van der Waals surface area contributed by atoms with Crippen molar-refractivity contribution < 1.29 is 14.4 Å². The fourth-order valence-corrected chi connectivity index (χ4v) is 5.41. The fraction of sp³-hybridized carbons (Fsp3) is 0.171. The van der Waals surface area contributed by atoms with Gasteiger partial charge in [0.15, 0.2) is 0 Å². The van der Waals surface area contributed by atoms with Crippen molar-refractivity contribution in [3.8, 4) is 0 Å². The Morgan fingerprint density at radius 1 is 0.762 bits per heavy atom. The zero-order valence-corrected chi connectivity index (χ0v) is 25.0. The van der Waals surface area contributed by atoms with Crippen LogP contribution >= 0.6 is 11.8 Å². The number of nitrogens with one attached hydrogen (secondary N) is 3. The lowest BCUT2D eigenvalue weighted by atomic mass is 10.1. The van der Waals surface area contributed by atoms with Gasteiger partial charge in [0.05, 0.1) is 5.25 Å². The minimum Gasteiger partial charge on any atom is -0.325 e. The number of rotatable bonds is 10. The average molecular weight is 578 g/mol. The number of aryl methyl sites for hydroxylation is 3. The molecule has 0 saturated carbocycles. The zero-order chi connectivity index (χ0) is 30.1. The van der Waals surface area contributed by atoms with E-state index in [1.807, 2.05) is 94.4 Å². The molecule has 7 heteroatoms. The van der Waals surface area contributed by atoms with Gasteiger partial charge in [0.1, 0.15) is 5.70 Å². The SMILES string of the molecule is CCC(Sc1cccc(NC(=O)/C(=C/c2ccccc2C)NC(=O)c2ccccc2)c1)C(=O)Nc1c(C)cccc1C. The molecule has 6 nitrogen and oxygen atoms in total. The Morgan fingerprint density at radius 2 is 1.40 bits per heavy atom. The van der Waals surface area contributed by atoms with Gasteiger partial charge in [0.25, 0.3) is 11.8 Å². The van der Waals surface area contributed by atoms with Gasteiger partial charge in [0.2, 0.25) is 5.91 Å². The number of hydrogen-bond acceptors (Lipinski definition) is 4. The van der Waals surface area contributed by atoms with E-state index in [-0.39, 0.29) is 22.8 Å². The van der Waals surface area contributed by atoms with Gasteiger partial charge in [-0.15, -0.1) is 11.8 Å². The summed E-state index contributed by atoms with van der Waals surface area (Å²) in [6, 6.07) is 29.7. The minimum absolute atomic E-state index is 0.0681. The van der Waals surface area contributed by atoms with E-state index in [1.54, 1.807) is 36.4 Å². The maximum absolute atomic E-state index is 13.5. The van der Waals surface area contributed by atoms with Crippen molar-refractivity contribution in [2.45, 2.75) is 44.3 Å². The first-order chi connectivity index (χ1) is 20.2. The number of benzene rings is 4. The number of hydrogen-bond donors (Lipinski definition) is 3. The van der Waals surface area contributed by atoms with E-state index in [1.165, 1.54) is 11.8 Å². The molecule has 0 heterocycles. The second kappa shape index (κ2) is 14.3. The maximum Gasteiger partial charge on any atom is 0.272 e. The fourth-order valence-electron chi connectivity index (χ4n) is 4.39. The lowest BCUT2D eigenvalue weighted by Gasteiger charge is -2.18. The third kappa shape index (κ3) is 7.98. The topological polar surface area (TPSA) is 87.3 Å². The molecule has 1 unspecified atom stereocenters. The molecule has 3 amide bonds. The van der Waals surface area contributed by atoms with Gasteiger partial charge in [-0.2, -0.15) is 0 Å². The summed E-state index contributed by atoms with van der Waals surface area (Å²) < 4.78 is 0. The molecule has 0 radical (unpaired) electrons. The number of amides is 3. The average Bonchev–Trinajstić information content (AvgIpc) is 2.99. The first-order valence-electron chi connectivity index (χ1n) is 13.8. The lowest BCUT2D eigenvalue weighted by molar-refractivity contribution is -0.116. The van der Waals surface area contributed by atoms with E-state index in [4.69, 9.17) is 0 Å². The van der Waals surface area contributed by atoms with Gasteiger partial charge in [-0.25, -0.2) is 0 Å². The van der Waals surface area contributed by atoms with Crippen LogP contribution in [0, 0.1) is 20.8 Å². The Bertz CT molecular complexity index is 1590. The highest BCUT2D eigenvalue weighted by atomic mass is 32.2. The van der Waals surface area contributed by atoms with Crippen LogP contribution in [0.15, 0.2) is 108 Å². The van der Waals surface area contributed by atoms with E-state index in [0.29, 0.717) is 17.7 Å². The summed E-state index contributed by atoms with van der Waals surface area (Å²) >= 11 is 1.44. The van der Waals surface area contributed by atoms with Crippen molar-refractivity contribution in [2.75, 3.05) is 10.6 Å². The second-order valence-electron chi connectivity index (χ2n) is 9.99. The highest BCUT2D eigenvalue weighted by Crippen LogP contribution is 2.30. The first kappa shape index (κ1) is 30.3. The Morgan fingerprint density at radius 3 is 2.10 bits per heavy atom. The molecule has 0 aliphatic carbocycles. The number of para-hydroxylation sites is 1. The van der Waals surface area contributed by atoms with Crippen LogP contribution in [0.5, 0.6) is 0 Å². The van der Waals surface area contributed by atoms with Crippen molar-refractivity contribution in [1.82, 2.24) is 5.32 Å². The van der Waals surface area contributed by atoms with Gasteiger partial charge < -0.3 is 16.0 Å². The summed E-state index contributed by atoms with van der Waals surface area (Å²) in [5, 5.41) is 8.47. The van der Waals surface area contributed by atoms with Crippen LogP contribution in [0.3, 0.4) is 0 Å². The zero-order valence-electron chi connectivity index (χ0n) is 24.2. The molecule has 0 aromatic heterocycles. The van der Waals surface area contributed by atoms with E-state index >= 15 is 0 Å². The van der Waals surface area contributed by atoms with E-state index in [2.05, 4.69) is 16.0 Å². The third-order valence-corrected chi connectivity index (χ3v) is 8.14. The van der Waals surface area contributed by atoms with Gasteiger partial charge in [-0.05, 0) is 85.9 Å². The predicted molar refractivity (Wildman–Crippen MR) is 173 cm³/mol. The molecular formula is C35H35N3O3S. The normalized spacial score (nSPS) is 11.9. The highest BCUT2D eigenvalue weighted by molar-refractivity contribution is 8.00. The summed E-state index contributed by atoms with van der Waals surface area (Å²) in [4.78, 5) is 40.5. The first-order valence-corrected chi connectivity index (χ1v) is 14.7. The van der Waals surface area contributed by atoms with E-state index in [9.17, 15) is 14.4 Å². The van der Waals surface area contributed by atoms with Crippen molar-refractivity contribution in [3.05, 3.63) is 131 Å². The van der Waals surface area contributed by atoms with Crippen molar-refractivity contribution in [1.29, 1.82) is 0 Å². The molecule has 214 valence electrons. The molecule has 3 N–H and O–H groups in total. The molecule has 1 atom stereocenters. The van der Waals surface area contributed by atoms with Gasteiger partial charge >= 0.3 is 0 Å². The van der Waals surface area contributed by atoms with Crippen LogP contribution in [0.4, 0.5) is 11.4 Å². The molecule has 42 heavy (non-hydrogen) atoms. The van der Waals surface area contributed by atoms with Crippen molar-refractivity contribution >= 4 is 46.9 Å². The molecular weight excluding hydrogens is 542 g/mol. The lowest BCUT2D eigenvalue weighted by Crippen LogP contribution is -2.30. The maximum atomic E-state index is 13.5. The van der Waals surface area contributed by atoms with Crippen LogP contribution < -0.4 is 16.0 Å². The Hall–Kier alpha value is -4.62. The summed E-state index contributed by atoms with van der Waals surface area (Å²) in [6.45, 7) is 7.88. The molecule has 0 spiro atoms. The van der Waals surface area contributed by atoms with Crippen LogP contribution in [-0.2, 0) is 9.59 Å². The molecule has 0 fully saturated rings. The van der Waals surface area contributed by atoms with Crippen LogP contribution in [0.2, 0.25) is 0 Å². The van der Waals surface area contributed by atoms with Crippen molar-refractivity contribution in [2.24, 2.45) is 0 Å². The Balaban J connectivity index is 1.52. The number of carbonyl (C=O) groups excluding carboxylic acids is 3. The molecule has 0 aliphatic heterocycles. The predicted octanol–water partition coefficient (Wildman–Crippen LogP) is 7.53. The summed E-state index contributed by atoms with van der Waals surface area (Å²) in [5.74, 6) is -0.901. The van der Waals surface area contributed by atoms with Gasteiger partial charge in [-0.3, -0.25) is 14.4 Å². The minimum atomic E-state index is -0.454. The van der Waals surface area contributed by atoms with Crippen LogP contribution in [0.25, 0.3) is 6.08 Å². The van der Waals surface area contributed by atoms with Crippen LogP contribution in [0.1, 0.15) is 46.0 Å². The molecule has 4 aromatic rings. The van der Waals surface area contributed by atoms with E-state index in [0.717, 1.165) is 32.8 Å². The number of carbonyl (C=O) groups is 3. The van der Waals surface area contributed by atoms with Crippen molar-refractivity contribution in [3.63, 3.8) is 0 Å². The summed E-state index contributed by atoms with van der Waals surface area (Å²) in [5.41, 5.74) is 5.79. The second-order valence-corrected chi connectivity index (χ2v) is 11.3. The summed E-state index contributed by atoms with van der Waals surface area (Å²) in [7, 11) is 0. The van der Waals surface area contributed by atoms with E-state index < -0.39 is 5.91 Å². The molecule has 0 bridgehead atoms. The standard InChI is InChI=1S/C35H35N3O3S/c1-5-31(35(41)38-32-24(3)14-11-15-25(32)4)42-29-20-12-19-28(22-29)36-34(40)30(21-27-18-10-9-13-23(27)2)37-33(39)26-16-7-6-8-17-26/h6-22,31H,5H2,1-4H3,(H,36,40)(H,37,39)(H,38,41)/b30-21-. The molecule has 4 aromatic carbocycles. The number of anilines is 2. The third-order valence-electron chi connectivity index (χ3n) is 6.78. The Labute approximate surface area is 251 Å². The van der Waals surface area contributed by atoms with Gasteiger partial charge in [-0.1, -0.05) is 73.7 Å².